The normalized spacial score (nSPS) is 13.4. The van der Waals surface area contributed by atoms with Gasteiger partial charge in [-0.2, -0.15) is 0 Å². The molecule has 3 rings (SSSR count). The Kier molecular flexibility index (Phi) is 7.71. The van der Waals surface area contributed by atoms with Crippen LogP contribution in [0.2, 0.25) is 0 Å². The van der Waals surface area contributed by atoms with Crippen molar-refractivity contribution >= 4 is 35.1 Å². The molecule has 2 aromatic carbocycles. The molecule has 180 valence electrons. The van der Waals surface area contributed by atoms with Crippen molar-refractivity contribution in [1.82, 2.24) is 5.32 Å². The van der Waals surface area contributed by atoms with Crippen molar-refractivity contribution in [2.24, 2.45) is 0 Å². The van der Waals surface area contributed by atoms with Gasteiger partial charge in [0.1, 0.15) is 5.75 Å². The van der Waals surface area contributed by atoms with Crippen molar-refractivity contribution in [2.45, 2.75) is 19.4 Å². The molecule has 1 aliphatic heterocycles. The molecule has 0 fully saturated rings. The van der Waals surface area contributed by atoms with Gasteiger partial charge in [-0.25, -0.2) is 13.2 Å². The molecule has 0 aliphatic carbocycles. The number of rotatable bonds is 8. The summed E-state index contributed by atoms with van der Waals surface area (Å²) in [5.41, 5.74) is -0.0855. The molecule has 0 radical (unpaired) electrons. The van der Waals surface area contributed by atoms with E-state index in [2.05, 4.69) is 5.32 Å². The first-order valence-corrected chi connectivity index (χ1v) is 10.1. The maximum atomic E-state index is 13.6. The lowest BCUT2D eigenvalue weighted by Crippen LogP contribution is -2.42. The van der Waals surface area contributed by atoms with Crippen LogP contribution >= 0.6 is 0 Å². The first-order valence-electron chi connectivity index (χ1n) is 10.1. The number of nitrogens with one attached hydrogen (secondary N) is 2. The quantitative estimate of drug-likeness (QED) is 0.442. The lowest BCUT2D eigenvalue weighted by atomic mass is 10.2. The number of carbonyl (C=O) groups excluding carboxylic acids is 4. The maximum Gasteiger partial charge on any atom is 0.308 e. The highest BCUT2D eigenvalue weighted by Gasteiger charge is 2.26. The van der Waals surface area contributed by atoms with Crippen LogP contribution in [-0.2, 0) is 23.9 Å². The summed E-state index contributed by atoms with van der Waals surface area (Å²) in [7, 11) is 0. The Bertz CT molecular complexity index is 1130. The maximum absolute atomic E-state index is 13.6. The van der Waals surface area contributed by atoms with Gasteiger partial charge < -0.3 is 25.0 Å². The van der Waals surface area contributed by atoms with E-state index in [1.165, 1.54) is 11.8 Å². The summed E-state index contributed by atoms with van der Waals surface area (Å²) in [5, 5.41) is 4.17. The van der Waals surface area contributed by atoms with Crippen LogP contribution in [-0.4, -0.2) is 49.5 Å². The Morgan fingerprint density at radius 1 is 1.12 bits per heavy atom. The Labute approximate surface area is 191 Å². The molecule has 1 unspecified atom stereocenters. The Balaban J connectivity index is 1.44. The zero-order valence-corrected chi connectivity index (χ0v) is 17.9. The van der Waals surface area contributed by atoms with E-state index in [-0.39, 0.29) is 25.5 Å². The predicted octanol–water partition coefficient (Wildman–Crippen LogP) is 1.91. The van der Waals surface area contributed by atoms with Gasteiger partial charge in [-0.3, -0.25) is 19.2 Å². The molecule has 3 amide bonds. The fourth-order valence-corrected chi connectivity index (χ4v) is 3.04. The number of hydrogen-bond acceptors (Lipinski definition) is 6. The van der Waals surface area contributed by atoms with Gasteiger partial charge in [0, 0.05) is 6.54 Å². The van der Waals surface area contributed by atoms with E-state index in [9.17, 15) is 32.3 Å². The zero-order valence-electron chi connectivity index (χ0n) is 17.9. The van der Waals surface area contributed by atoms with Gasteiger partial charge in [0.2, 0.25) is 5.91 Å². The van der Waals surface area contributed by atoms with Crippen LogP contribution in [0.15, 0.2) is 36.4 Å². The highest BCUT2D eigenvalue weighted by Crippen LogP contribution is 2.31. The van der Waals surface area contributed by atoms with Crippen molar-refractivity contribution < 1.29 is 41.8 Å². The molecule has 0 saturated carbocycles. The standard InChI is InChI=1S/C22H20F3N3O6/c1-12(22(32)26-10-17(29)27-14-7-6-13(23)20(24)21(14)25)34-19(31)8-9-28-15-4-2-3-5-16(15)33-11-18(28)30/h2-7,12H,8-11H2,1H3,(H,26,32)(H,27,29). The largest absolute Gasteiger partial charge is 0.482 e. The minimum absolute atomic E-state index is 0.00851. The molecule has 1 aliphatic rings. The van der Waals surface area contributed by atoms with Gasteiger partial charge in [-0.05, 0) is 31.2 Å². The smallest absolute Gasteiger partial charge is 0.308 e. The molecule has 2 N–H and O–H groups in total. The lowest BCUT2D eigenvalue weighted by Gasteiger charge is -2.29. The highest BCUT2D eigenvalue weighted by molar-refractivity contribution is 5.98. The van der Waals surface area contributed by atoms with E-state index in [0.29, 0.717) is 17.5 Å². The van der Waals surface area contributed by atoms with Crippen LogP contribution in [0, 0.1) is 17.5 Å². The van der Waals surface area contributed by atoms with Crippen LogP contribution in [0.1, 0.15) is 13.3 Å². The molecule has 0 saturated heterocycles. The topological polar surface area (TPSA) is 114 Å². The summed E-state index contributed by atoms with van der Waals surface area (Å²) in [6, 6.07) is 8.29. The van der Waals surface area contributed by atoms with Crippen molar-refractivity contribution in [3.05, 3.63) is 53.8 Å². The van der Waals surface area contributed by atoms with Gasteiger partial charge in [0.05, 0.1) is 24.3 Å². The number of halogens is 3. The number of fused-ring (bicyclic) bond motifs is 1. The van der Waals surface area contributed by atoms with Crippen LogP contribution in [0.3, 0.4) is 0 Å². The number of amides is 3. The fraction of sp³-hybridized carbons (Fsp3) is 0.273. The average molecular weight is 479 g/mol. The number of para-hydroxylation sites is 2. The Hall–Kier alpha value is -4.09. The Morgan fingerprint density at radius 2 is 1.85 bits per heavy atom. The summed E-state index contributed by atoms with van der Waals surface area (Å²) in [6.45, 7) is 0.476. The van der Waals surface area contributed by atoms with Gasteiger partial charge in [0.25, 0.3) is 11.8 Å². The monoisotopic (exact) mass is 479 g/mol. The van der Waals surface area contributed by atoms with Crippen LogP contribution < -0.4 is 20.3 Å². The fourth-order valence-electron chi connectivity index (χ4n) is 3.04. The number of benzene rings is 2. The summed E-state index contributed by atoms with van der Waals surface area (Å²) >= 11 is 0. The second-order valence-corrected chi connectivity index (χ2v) is 7.17. The second-order valence-electron chi connectivity index (χ2n) is 7.17. The minimum atomic E-state index is -1.75. The molecule has 0 spiro atoms. The number of nitrogens with zero attached hydrogens (tertiary/aromatic N) is 1. The highest BCUT2D eigenvalue weighted by atomic mass is 19.2. The number of ether oxygens (including phenoxy) is 2. The van der Waals surface area contributed by atoms with Crippen molar-refractivity contribution in [2.75, 3.05) is 29.9 Å². The van der Waals surface area contributed by atoms with Gasteiger partial charge >= 0.3 is 5.97 Å². The van der Waals surface area contributed by atoms with Crippen molar-refractivity contribution in [3.8, 4) is 5.75 Å². The molecule has 0 aromatic heterocycles. The molecular weight excluding hydrogens is 459 g/mol. The molecule has 1 atom stereocenters. The van der Waals surface area contributed by atoms with Crippen molar-refractivity contribution in [3.63, 3.8) is 0 Å². The van der Waals surface area contributed by atoms with Crippen LogP contribution in [0.25, 0.3) is 0 Å². The zero-order chi connectivity index (χ0) is 24.8. The molecule has 1 heterocycles. The van der Waals surface area contributed by atoms with E-state index >= 15 is 0 Å². The third-order valence-electron chi connectivity index (χ3n) is 4.76. The van der Waals surface area contributed by atoms with E-state index in [1.807, 2.05) is 5.32 Å². The average Bonchev–Trinajstić information content (AvgIpc) is 2.82. The summed E-state index contributed by atoms with van der Waals surface area (Å²) in [4.78, 5) is 49.6. The number of esters is 1. The van der Waals surface area contributed by atoms with Gasteiger partial charge in [0.15, 0.2) is 30.2 Å². The third-order valence-corrected chi connectivity index (χ3v) is 4.76. The van der Waals surface area contributed by atoms with E-state index < -0.39 is 53.6 Å². The second kappa shape index (κ2) is 10.7. The summed E-state index contributed by atoms with van der Waals surface area (Å²) in [6.07, 6.45) is -1.47. The molecule has 9 nitrogen and oxygen atoms in total. The minimum Gasteiger partial charge on any atom is -0.482 e. The molecule has 0 bridgehead atoms. The predicted molar refractivity (Wildman–Crippen MR) is 112 cm³/mol. The molecule has 12 heteroatoms. The molecule has 34 heavy (non-hydrogen) atoms. The third kappa shape index (κ3) is 5.82. The lowest BCUT2D eigenvalue weighted by molar-refractivity contribution is -0.154. The first kappa shape index (κ1) is 24.6. The van der Waals surface area contributed by atoms with E-state index in [1.54, 1.807) is 24.3 Å². The van der Waals surface area contributed by atoms with E-state index in [0.717, 1.165) is 6.07 Å². The van der Waals surface area contributed by atoms with Gasteiger partial charge in [-0.15, -0.1) is 0 Å². The molecular formula is C22H20F3N3O6. The van der Waals surface area contributed by atoms with Gasteiger partial charge in [-0.1, -0.05) is 12.1 Å². The molecule has 2 aromatic rings. The van der Waals surface area contributed by atoms with E-state index in [4.69, 9.17) is 9.47 Å². The number of anilines is 2. The van der Waals surface area contributed by atoms with Crippen LogP contribution in [0.5, 0.6) is 5.75 Å². The SMILES string of the molecule is CC(OC(=O)CCN1C(=O)COc2ccccc21)C(=O)NCC(=O)Nc1ccc(F)c(F)c1F. The number of hydrogen-bond donors (Lipinski definition) is 2. The first-order chi connectivity index (χ1) is 16.2. The summed E-state index contributed by atoms with van der Waals surface area (Å²) < 4.78 is 50.1. The van der Waals surface area contributed by atoms with Crippen LogP contribution in [0.4, 0.5) is 24.5 Å². The Morgan fingerprint density at radius 3 is 2.62 bits per heavy atom. The summed E-state index contributed by atoms with van der Waals surface area (Å²) in [5.74, 6) is -7.06. The number of carbonyl (C=O) groups is 4. The van der Waals surface area contributed by atoms with Crippen molar-refractivity contribution in [1.29, 1.82) is 0 Å².